The van der Waals surface area contributed by atoms with E-state index in [2.05, 4.69) is 39.0 Å². The van der Waals surface area contributed by atoms with Gasteiger partial charge >= 0.3 is 0 Å². The molecular weight excluding hydrogens is 508 g/mol. The molecule has 3 aromatic heterocycles. The smallest absolute Gasteiger partial charge is 0.259 e. The Morgan fingerprint density at radius 1 is 1.14 bits per heavy atom. The molecule has 0 unspecified atom stereocenters. The second-order valence-corrected chi connectivity index (χ2v) is 11.0. The van der Waals surface area contributed by atoms with Crippen LogP contribution in [0, 0.1) is 18.8 Å². The SMILES string of the molecule is COc1ccc(Cl)cc1-c1cc(C)ncc1C(=O)Nc1nc2ncc(N3CCC(C(C)C)CC3)nc2s1. The first-order chi connectivity index (χ1) is 17.8. The maximum Gasteiger partial charge on any atom is 0.259 e. The molecule has 0 radical (unpaired) electrons. The number of ether oxygens (including phenoxy) is 1. The van der Waals surface area contributed by atoms with Crippen LogP contribution < -0.4 is 15.0 Å². The Morgan fingerprint density at radius 2 is 1.92 bits per heavy atom. The number of aryl methyl sites for hydroxylation is 1. The number of benzene rings is 1. The number of pyridine rings is 1. The monoisotopic (exact) mass is 536 g/mol. The van der Waals surface area contributed by atoms with Crippen molar-refractivity contribution in [3.63, 3.8) is 0 Å². The van der Waals surface area contributed by atoms with Crippen molar-refractivity contribution in [2.75, 3.05) is 30.4 Å². The molecule has 0 aliphatic carbocycles. The summed E-state index contributed by atoms with van der Waals surface area (Å²) in [5.74, 6) is 2.59. The zero-order chi connectivity index (χ0) is 26.1. The number of nitrogens with one attached hydrogen (secondary N) is 1. The highest BCUT2D eigenvalue weighted by Crippen LogP contribution is 2.36. The first-order valence-corrected chi connectivity index (χ1v) is 13.5. The number of halogens is 1. The van der Waals surface area contributed by atoms with Crippen molar-refractivity contribution in [1.82, 2.24) is 19.9 Å². The van der Waals surface area contributed by atoms with Gasteiger partial charge in [0, 0.05) is 41.1 Å². The highest BCUT2D eigenvalue weighted by molar-refractivity contribution is 7.21. The highest BCUT2D eigenvalue weighted by atomic mass is 35.5. The molecule has 1 aliphatic heterocycles. The van der Waals surface area contributed by atoms with Gasteiger partial charge in [0.2, 0.25) is 0 Å². The van der Waals surface area contributed by atoms with Crippen molar-refractivity contribution >= 4 is 50.3 Å². The molecule has 1 N–H and O–H groups in total. The molecule has 1 aromatic carbocycles. The Morgan fingerprint density at radius 3 is 2.65 bits per heavy atom. The van der Waals surface area contributed by atoms with Gasteiger partial charge in [-0.15, -0.1) is 0 Å². The number of rotatable bonds is 6. The number of carbonyl (C=O) groups is 1. The molecule has 10 heteroatoms. The Bertz CT molecular complexity index is 1450. The van der Waals surface area contributed by atoms with Gasteiger partial charge in [-0.1, -0.05) is 36.8 Å². The maximum atomic E-state index is 13.4. The van der Waals surface area contributed by atoms with Crippen LogP contribution in [0.15, 0.2) is 36.7 Å². The molecule has 1 amide bonds. The topological polar surface area (TPSA) is 93.1 Å². The highest BCUT2D eigenvalue weighted by Gasteiger charge is 2.24. The fourth-order valence-electron chi connectivity index (χ4n) is 4.73. The Labute approximate surface area is 225 Å². The molecule has 4 aromatic rings. The average molecular weight is 537 g/mol. The van der Waals surface area contributed by atoms with Crippen LogP contribution in [0.3, 0.4) is 0 Å². The maximum absolute atomic E-state index is 13.4. The number of hydrogen-bond acceptors (Lipinski definition) is 8. The zero-order valence-corrected chi connectivity index (χ0v) is 22.9. The first-order valence-electron chi connectivity index (χ1n) is 12.3. The van der Waals surface area contributed by atoms with Crippen LogP contribution >= 0.6 is 22.9 Å². The van der Waals surface area contributed by atoms with Crippen molar-refractivity contribution in [3.8, 4) is 16.9 Å². The minimum absolute atomic E-state index is 0.334. The van der Waals surface area contributed by atoms with E-state index in [-0.39, 0.29) is 5.91 Å². The lowest BCUT2D eigenvalue weighted by atomic mass is 9.87. The van der Waals surface area contributed by atoms with Gasteiger partial charge in [-0.25, -0.2) is 9.97 Å². The second-order valence-electron chi connectivity index (χ2n) is 9.61. The number of hydrogen-bond donors (Lipinski definition) is 1. The fraction of sp³-hybridized carbons (Fsp3) is 0.370. The van der Waals surface area contributed by atoms with Gasteiger partial charge in [0.05, 0.1) is 18.9 Å². The molecule has 1 fully saturated rings. The summed E-state index contributed by atoms with van der Waals surface area (Å²) in [5.41, 5.74) is 3.06. The molecule has 0 atom stereocenters. The van der Waals surface area contributed by atoms with E-state index < -0.39 is 0 Å². The third-order valence-corrected chi connectivity index (χ3v) is 7.96. The van der Waals surface area contributed by atoms with Crippen molar-refractivity contribution in [3.05, 3.63) is 52.9 Å². The van der Waals surface area contributed by atoms with Crippen LogP contribution in [-0.2, 0) is 0 Å². The van der Waals surface area contributed by atoms with Gasteiger partial charge in [-0.2, -0.15) is 4.98 Å². The largest absolute Gasteiger partial charge is 0.496 e. The van der Waals surface area contributed by atoms with Crippen LogP contribution in [0.4, 0.5) is 10.9 Å². The summed E-state index contributed by atoms with van der Waals surface area (Å²) in [7, 11) is 1.59. The molecular formula is C27H29ClN6O2S. The van der Waals surface area contributed by atoms with Crippen LogP contribution in [-0.4, -0.2) is 46.0 Å². The molecule has 37 heavy (non-hydrogen) atoms. The Kier molecular flexibility index (Phi) is 7.26. The van der Waals surface area contributed by atoms with E-state index in [1.807, 2.05) is 13.0 Å². The van der Waals surface area contributed by atoms with Crippen LogP contribution in [0.5, 0.6) is 5.75 Å². The zero-order valence-electron chi connectivity index (χ0n) is 21.3. The number of anilines is 2. The quantitative estimate of drug-likeness (QED) is 0.311. The lowest BCUT2D eigenvalue weighted by molar-refractivity contribution is 0.102. The van der Waals surface area contributed by atoms with Crippen LogP contribution in [0.25, 0.3) is 21.6 Å². The van der Waals surface area contributed by atoms with Crippen LogP contribution in [0.2, 0.25) is 5.02 Å². The summed E-state index contributed by atoms with van der Waals surface area (Å²) >= 11 is 7.57. The third-order valence-electron chi connectivity index (χ3n) is 6.87. The number of thiazole rings is 1. The molecule has 0 bridgehead atoms. The van der Waals surface area contributed by atoms with E-state index in [0.717, 1.165) is 43.4 Å². The predicted molar refractivity (Wildman–Crippen MR) is 149 cm³/mol. The molecule has 0 spiro atoms. The number of piperidine rings is 1. The van der Waals surface area contributed by atoms with E-state index in [0.29, 0.717) is 49.0 Å². The van der Waals surface area contributed by atoms with Crippen molar-refractivity contribution in [2.45, 2.75) is 33.6 Å². The third kappa shape index (κ3) is 5.38. The minimum Gasteiger partial charge on any atom is -0.496 e. The van der Waals surface area contributed by atoms with E-state index >= 15 is 0 Å². The van der Waals surface area contributed by atoms with E-state index in [9.17, 15) is 4.79 Å². The number of fused-ring (bicyclic) bond motifs is 1. The van der Waals surface area contributed by atoms with Gasteiger partial charge in [-0.3, -0.25) is 15.1 Å². The Hall–Kier alpha value is -3.30. The van der Waals surface area contributed by atoms with E-state index in [4.69, 9.17) is 21.3 Å². The first kappa shape index (κ1) is 25.4. The fourth-order valence-corrected chi connectivity index (χ4v) is 5.69. The number of carbonyl (C=O) groups excluding carboxylic acids is 1. The molecule has 8 nitrogen and oxygen atoms in total. The summed E-state index contributed by atoms with van der Waals surface area (Å²) in [6, 6.07) is 7.16. The number of aromatic nitrogens is 4. The lowest BCUT2D eigenvalue weighted by Crippen LogP contribution is -2.35. The van der Waals surface area contributed by atoms with Gasteiger partial charge in [0.15, 0.2) is 15.6 Å². The molecule has 5 rings (SSSR count). The molecule has 4 heterocycles. The second kappa shape index (κ2) is 10.6. The van der Waals surface area contributed by atoms with E-state index in [1.54, 1.807) is 37.7 Å². The van der Waals surface area contributed by atoms with Crippen molar-refractivity contribution in [1.29, 1.82) is 0 Å². The predicted octanol–water partition coefficient (Wildman–Crippen LogP) is 6.24. The van der Waals surface area contributed by atoms with Crippen molar-refractivity contribution < 1.29 is 9.53 Å². The molecule has 1 aliphatic rings. The summed E-state index contributed by atoms with van der Waals surface area (Å²) in [6.07, 6.45) is 5.65. The number of amides is 1. The van der Waals surface area contributed by atoms with E-state index in [1.165, 1.54) is 11.3 Å². The average Bonchev–Trinajstić information content (AvgIpc) is 3.30. The lowest BCUT2D eigenvalue weighted by Gasteiger charge is -2.34. The van der Waals surface area contributed by atoms with Gasteiger partial charge in [0.25, 0.3) is 5.91 Å². The normalized spacial score (nSPS) is 14.4. The molecule has 1 saturated heterocycles. The Balaban J connectivity index is 1.39. The minimum atomic E-state index is -0.334. The molecule has 192 valence electrons. The number of nitrogens with zero attached hydrogens (tertiary/aromatic N) is 5. The summed E-state index contributed by atoms with van der Waals surface area (Å²) in [6.45, 7) is 8.40. The van der Waals surface area contributed by atoms with Gasteiger partial charge in [0.1, 0.15) is 11.6 Å². The molecule has 0 saturated carbocycles. The standard InChI is InChI=1S/C27H29ClN6O2S/c1-15(2)17-7-9-34(10-8-17)23-14-30-24-26(31-23)37-27(32-24)33-25(35)21-13-29-16(3)11-19(21)20-12-18(28)5-6-22(20)36-4/h5-6,11-15,17H,7-10H2,1-4H3,(H,30,32,33,35). The van der Waals surface area contributed by atoms with Crippen LogP contribution in [0.1, 0.15) is 42.7 Å². The summed E-state index contributed by atoms with van der Waals surface area (Å²) in [5, 5.41) is 3.88. The van der Waals surface area contributed by atoms with Crippen molar-refractivity contribution in [2.24, 2.45) is 11.8 Å². The van der Waals surface area contributed by atoms with Gasteiger partial charge in [-0.05, 0) is 55.9 Å². The number of methoxy groups -OCH3 is 1. The summed E-state index contributed by atoms with van der Waals surface area (Å²) in [4.78, 5) is 34.5. The summed E-state index contributed by atoms with van der Waals surface area (Å²) < 4.78 is 5.52. The van der Waals surface area contributed by atoms with Gasteiger partial charge < -0.3 is 9.64 Å².